The van der Waals surface area contributed by atoms with Gasteiger partial charge in [0.25, 0.3) is 0 Å². The van der Waals surface area contributed by atoms with Gasteiger partial charge in [0.15, 0.2) is 5.15 Å². The number of rotatable bonds is 8. The molecule has 0 saturated carbocycles. The maximum Gasteiger partial charge on any atom is 0.238 e. The van der Waals surface area contributed by atoms with Gasteiger partial charge in [0, 0.05) is 18.0 Å². The molecule has 0 radical (unpaired) electrons. The standard InChI is InChI=1S/C18H21ClN4O3/c1-3-23(12-17(25)22-15-8-5-9-20-18(15)19)11-16(24)21-13-6-4-7-14(10-13)26-2/h4-10H,3,11-12H2,1-2H3,(H,21,24)(H,22,25). The van der Waals surface area contributed by atoms with Gasteiger partial charge in [0.05, 0.1) is 25.9 Å². The number of benzene rings is 1. The zero-order chi connectivity index (χ0) is 18.9. The maximum atomic E-state index is 12.2. The lowest BCUT2D eigenvalue weighted by Crippen LogP contribution is -2.38. The average Bonchev–Trinajstić information content (AvgIpc) is 2.63. The minimum absolute atomic E-state index is 0.0628. The molecule has 26 heavy (non-hydrogen) atoms. The van der Waals surface area contributed by atoms with Gasteiger partial charge in [-0.1, -0.05) is 24.6 Å². The molecule has 2 N–H and O–H groups in total. The summed E-state index contributed by atoms with van der Waals surface area (Å²) < 4.78 is 5.13. The van der Waals surface area contributed by atoms with Crippen LogP contribution in [0.5, 0.6) is 5.75 Å². The number of anilines is 2. The quantitative estimate of drug-likeness (QED) is 0.692. The Morgan fingerprint density at radius 2 is 1.88 bits per heavy atom. The van der Waals surface area contributed by atoms with Gasteiger partial charge in [-0.3, -0.25) is 14.5 Å². The molecule has 0 bridgehead atoms. The largest absolute Gasteiger partial charge is 0.497 e. The third kappa shape index (κ3) is 6.02. The number of carbonyl (C=O) groups is 2. The molecule has 0 fully saturated rings. The Bertz CT molecular complexity index is 770. The number of ether oxygens (including phenoxy) is 1. The van der Waals surface area contributed by atoms with Crippen molar-refractivity contribution in [2.24, 2.45) is 0 Å². The van der Waals surface area contributed by atoms with Gasteiger partial charge in [-0.2, -0.15) is 0 Å². The molecule has 0 saturated heterocycles. The summed E-state index contributed by atoms with van der Waals surface area (Å²) >= 11 is 5.92. The Labute approximate surface area is 157 Å². The number of halogens is 1. The van der Waals surface area contributed by atoms with E-state index in [4.69, 9.17) is 16.3 Å². The zero-order valence-electron chi connectivity index (χ0n) is 14.7. The number of likely N-dealkylation sites (N-methyl/N-ethyl adjacent to an activating group) is 1. The van der Waals surface area contributed by atoms with Crippen molar-refractivity contribution in [2.45, 2.75) is 6.92 Å². The van der Waals surface area contributed by atoms with Crippen LogP contribution in [-0.4, -0.2) is 48.4 Å². The van der Waals surface area contributed by atoms with E-state index in [-0.39, 0.29) is 30.1 Å². The van der Waals surface area contributed by atoms with Crippen molar-refractivity contribution in [3.8, 4) is 5.75 Å². The Balaban J connectivity index is 1.88. The highest BCUT2D eigenvalue weighted by Crippen LogP contribution is 2.18. The van der Waals surface area contributed by atoms with Crippen LogP contribution in [-0.2, 0) is 9.59 Å². The molecule has 0 aliphatic carbocycles. The molecule has 2 aromatic rings. The van der Waals surface area contributed by atoms with Gasteiger partial charge < -0.3 is 15.4 Å². The van der Waals surface area contributed by atoms with Crippen molar-refractivity contribution in [3.05, 3.63) is 47.7 Å². The molecule has 1 aromatic carbocycles. The van der Waals surface area contributed by atoms with E-state index in [2.05, 4.69) is 15.6 Å². The van der Waals surface area contributed by atoms with Gasteiger partial charge in [-0.05, 0) is 30.8 Å². The van der Waals surface area contributed by atoms with E-state index >= 15 is 0 Å². The van der Waals surface area contributed by atoms with Gasteiger partial charge >= 0.3 is 0 Å². The summed E-state index contributed by atoms with van der Waals surface area (Å²) in [6.45, 7) is 2.57. The van der Waals surface area contributed by atoms with E-state index in [0.29, 0.717) is 23.7 Å². The van der Waals surface area contributed by atoms with Gasteiger partial charge in [0.2, 0.25) is 11.8 Å². The number of methoxy groups -OCH3 is 1. The minimum atomic E-state index is -0.268. The molecule has 7 nitrogen and oxygen atoms in total. The number of hydrogen-bond acceptors (Lipinski definition) is 5. The van der Waals surface area contributed by atoms with Gasteiger partial charge in [0.1, 0.15) is 5.75 Å². The van der Waals surface area contributed by atoms with Crippen LogP contribution in [0.4, 0.5) is 11.4 Å². The Morgan fingerprint density at radius 3 is 2.54 bits per heavy atom. The highest BCUT2D eigenvalue weighted by molar-refractivity contribution is 6.32. The van der Waals surface area contributed by atoms with E-state index < -0.39 is 0 Å². The van der Waals surface area contributed by atoms with E-state index in [9.17, 15) is 9.59 Å². The van der Waals surface area contributed by atoms with Crippen molar-refractivity contribution < 1.29 is 14.3 Å². The number of carbonyl (C=O) groups excluding carboxylic acids is 2. The van der Waals surface area contributed by atoms with E-state index in [1.165, 1.54) is 0 Å². The van der Waals surface area contributed by atoms with E-state index in [1.807, 2.05) is 6.92 Å². The summed E-state index contributed by atoms with van der Waals surface area (Å²) in [7, 11) is 1.56. The fraction of sp³-hybridized carbons (Fsp3) is 0.278. The molecule has 0 atom stereocenters. The summed E-state index contributed by atoms with van der Waals surface area (Å²) in [6.07, 6.45) is 1.54. The molecule has 2 rings (SSSR count). The lowest BCUT2D eigenvalue weighted by atomic mass is 10.3. The normalized spacial score (nSPS) is 10.5. The van der Waals surface area contributed by atoms with Crippen LogP contribution in [0.3, 0.4) is 0 Å². The first kappa shape index (κ1) is 19.7. The zero-order valence-corrected chi connectivity index (χ0v) is 15.4. The second kappa shape index (κ2) is 9.74. The highest BCUT2D eigenvalue weighted by atomic mass is 35.5. The molecular weight excluding hydrogens is 356 g/mol. The topological polar surface area (TPSA) is 83.6 Å². The third-order valence-electron chi connectivity index (χ3n) is 3.57. The van der Waals surface area contributed by atoms with Crippen molar-refractivity contribution >= 4 is 34.8 Å². The van der Waals surface area contributed by atoms with Crippen LogP contribution in [0.1, 0.15) is 6.92 Å². The first-order chi connectivity index (χ1) is 12.5. The molecule has 0 aliphatic heterocycles. The van der Waals surface area contributed by atoms with Gasteiger partial charge in [-0.25, -0.2) is 4.98 Å². The van der Waals surface area contributed by atoms with Crippen LogP contribution in [0, 0.1) is 0 Å². The summed E-state index contributed by atoms with van der Waals surface area (Å²) in [4.78, 5) is 30.0. The fourth-order valence-electron chi connectivity index (χ4n) is 2.26. The molecule has 2 amide bonds. The van der Waals surface area contributed by atoms with Crippen molar-refractivity contribution in [1.29, 1.82) is 0 Å². The SMILES string of the molecule is CCN(CC(=O)Nc1cccc(OC)c1)CC(=O)Nc1cccnc1Cl. The lowest BCUT2D eigenvalue weighted by Gasteiger charge is -2.19. The summed E-state index contributed by atoms with van der Waals surface area (Å²) in [6, 6.07) is 10.4. The predicted octanol–water partition coefficient (Wildman–Crippen LogP) is 2.64. The molecule has 1 heterocycles. The first-order valence-electron chi connectivity index (χ1n) is 8.08. The molecule has 1 aromatic heterocycles. The fourth-order valence-corrected chi connectivity index (χ4v) is 2.42. The predicted molar refractivity (Wildman–Crippen MR) is 102 cm³/mol. The van der Waals surface area contributed by atoms with Crippen LogP contribution in [0.15, 0.2) is 42.6 Å². The average molecular weight is 377 g/mol. The minimum Gasteiger partial charge on any atom is -0.497 e. The summed E-state index contributed by atoms with van der Waals surface area (Å²) in [5.74, 6) is 0.172. The molecule has 138 valence electrons. The van der Waals surface area contributed by atoms with E-state index in [1.54, 1.807) is 54.6 Å². The van der Waals surface area contributed by atoms with Crippen molar-refractivity contribution in [3.63, 3.8) is 0 Å². The molecule has 0 unspecified atom stereocenters. The highest BCUT2D eigenvalue weighted by Gasteiger charge is 2.14. The van der Waals surface area contributed by atoms with Crippen molar-refractivity contribution in [1.82, 2.24) is 9.88 Å². The van der Waals surface area contributed by atoms with Crippen LogP contribution in [0.2, 0.25) is 5.15 Å². The van der Waals surface area contributed by atoms with Gasteiger partial charge in [-0.15, -0.1) is 0 Å². The summed E-state index contributed by atoms with van der Waals surface area (Å²) in [5, 5.41) is 5.70. The molecule has 0 spiro atoms. The second-order valence-electron chi connectivity index (χ2n) is 5.47. The smallest absolute Gasteiger partial charge is 0.238 e. The van der Waals surface area contributed by atoms with Crippen LogP contribution in [0.25, 0.3) is 0 Å². The Hall–Kier alpha value is -2.64. The number of pyridine rings is 1. The maximum absolute atomic E-state index is 12.2. The Morgan fingerprint density at radius 1 is 1.15 bits per heavy atom. The van der Waals surface area contributed by atoms with Crippen molar-refractivity contribution in [2.75, 3.05) is 37.4 Å². The van der Waals surface area contributed by atoms with Crippen LogP contribution >= 0.6 is 11.6 Å². The number of nitrogens with zero attached hydrogens (tertiary/aromatic N) is 2. The van der Waals surface area contributed by atoms with Crippen LogP contribution < -0.4 is 15.4 Å². The molecular formula is C18H21ClN4O3. The monoisotopic (exact) mass is 376 g/mol. The third-order valence-corrected chi connectivity index (χ3v) is 3.87. The Kier molecular flexibility index (Phi) is 7.37. The first-order valence-corrected chi connectivity index (χ1v) is 8.46. The molecule has 0 aliphatic rings. The van der Waals surface area contributed by atoms with E-state index in [0.717, 1.165) is 0 Å². The number of hydrogen-bond donors (Lipinski definition) is 2. The number of nitrogens with one attached hydrogen (secondary N) is 2. The number of aromatic nitrogens is 1. The lowest BCUT2D eigenvalue weighted by molar-refractivity contribution is -0.119. The molecule has 8 heteroatoms. The summed E-state index contributed by atoms with van der Waals surface area (Å²) in [5.41, 5.74) is 1.08. The second-order valence-corrected chi connectivity index (χ2v) is 5.83. The number of amides is 2.